The summed E-state index contributed by atoms with van der Waals surface area (Å²) in [4.78, 5) is 16.3. The van der Waals surface area contributed by atoms with Gasteiger partial charge in [-0.25, -0.2) is 17.8 Å². The quantitative estimate of drug-likeness (QED) is 0.740. The number of oxazole rings is 1. The predicted molar refractivity (Wildman–Crippen MR) is 94.8 cm³/mol. The Balaban J connectivity index is 1.52. The van der Waals surface area contributed by atoms with E-state index in [9.17, 15) is 22.0 Å². The fourth-order valence-corrected chi connectivity index (χ4v) is 4.74. The van der Waals surface area contributed by atoms with Crippen molar-refractivity contribution in [2.45, 2.75) is 6.42 Å². The van der Waals surface area contributed by atoms with Gasteiger partial charge in [-0.15, -0.1) is 0 Å². The van der Waals surface area contributed by atoms with Gasteiger partial charge >= 0.3 is 0 Å². The van der Waals surface area contributed by atoms with E-state index in [1.54, 1.807) is 24.3 Å². The second kappa shape index (κ2) is 6.41. The lowest BCUT2D eigenvalue weighted by Crippen LogP contribution is -2.23. The maximum atomic E-state index is 13.7. The molecular formula is C18H14F2N2O4S. The minimum absolute atomic E-state index is 0.0267. The highest BCUT2D eigenvalue weighted by molar-refractivity contribution is 7.91. The molecule has 2 heterocycles. The first kappa shape index (κ1) is 17.6. The van der Waals surface area contributed by atoms with E-state index in [2.05, 4.69) is 10.3 Å². The molecular weight excluding hydrogens is 378 g/mol. The summed E-state index contributed by atoms with van der Waals surface area (Å²) in [6.45, 7) is 0. The molecule has 1 aromatic heterocycles. The predicted octanol–water partition coefficient (Wildman–Crippen LogP) is 3.15. The number of nitrogens with one attached hydrogen (secondary N) is 1. The van der Waals surface area contributed by atoms with Crippen LogP contribution in [0.2, 0.25) is 0 Å². The molecule has 1 aliphatic heterocycles. The van der Waals surface area contributed by atoms with E-state index in [-0.39, 0.29) is 34.4 Å². The van der Waals surface area contributed by atoms with Gasteiger partial charge in [0.05, 0.1) is 17.4 Å². The van der Waals surface area contributed by atoms with E-state index in [1.165, 1.54) is 6.07 Å². The third kappa shape index (κ3) is 3.42. The van der Waals surface area contributed by atoms with Crippen molar-refractivity contribution in [3.63, 3.8) is 0 Å². The maximum absolute atomic E-state index is 13.7. The van der Waals surface area contributed by atoms with Crippen molar-refractivity contribution in [2.75, 3.05) is 16.8 Å². The molecule has 1 aliphatic rings. The number of halogens is 2. The lowest BCUT2D eigenvalue weighted by Gasteiger charge is -2.09. The standard InChI is InChI=1S/C18H14F2N2O4S/c19-13-5-6-14-16(15(13)20)26-18(22-14)10-1-3-12(4-2-10)21-17(23)11-7-8-27(24,25)9-11/h1-6,11H,7-9H2,(H,21,23). The fraction of sp³-hybridized carbons (Fsp3) is 0.222. The van der Waals surface area contributed by atoms with Gasteiger partial charge in [-0.05, 0) is 42.8 Å². The van der Waals surface area contributed by atoms with Gasteiger partial charge < -0.3 is 9.73 Å². The zero-order valence-corrected chi connectivity index (χ0v) is 14.7. The highest BCUT2D eigenvalue weighted by atomic mass is 32.2. The zero-order chi connectivity index (χ0) is 19.2. The molecule has 1 atom stereocenters. The molecule has 1 fully saturated rings. The van der Waals surface area contributed by atoms with Crippen LogP contribution < -0.4 is 5.32 Å². The molecule has 0 saturated carbocycles. The van der Waals surface area contributed by atoms with Crippen LogP contribution in [0, 0.1) is 17.6 Å². The van der Waals surface area contributed by atoms with E-state index in [0.29, 0.717) is 17.7 Å². The lowest BCUT2D eigenvalue weighted by atomic mass is 10.1. The number of aromatic nitrogens is 1. The number of rotatable bonds is 3. The van der Waals surface area contributed by atoms with Gasteiger partial charge in [-0.3, -0.25) is 4.79 Å². The monoisotopic (exact) mass is 392 g/mol. The van der Waals surface area contributed by atoms with Crippen LogP contribution in [-0.2, 0) is 14.6 Å². The highest BCUT2D eigenvalue weighted by Gasteiger charge is 2.32. The number of nitrogens with zero attached hydrogens (tertiary/aromatic N) is 1. The molecule has 27 heavy (non-hydrogen) atoms. The summed E-state index contributed by atoms with van der Waals surface area (Å²) in [7, 11) is -3.13. The summed E-state index contributed by atoms with van der Waals surface area (Å²) in [5.74, 6) is -3.00. The molecule has 1 N–H and O–H groups in total. The Morgan fingerprint density at radius 2 is 1.89 bits per heavy atom. The molecule has 140 valence electrons. The Morgan fingerprint density at radius 3 is 2.56 bits per heavy atom. The van der Waals surface area contributed by atoms with Gasteiger partial charge in [0, 0.05) is 11.3 Å². The van der Waals surface area contributed by atoms with Crippen LogP contribution in [0.1, 0.15) is 6.42 Å². The molecule has 1 amide bonds. The van der Waals surface area contributed by atoms with Crippen molar-refractivity contribution in [3.05, 3.63) is 48.0 Å². The number of hydrogen-bond donors (Lipinski definition) is 1. The Hall–Kier alpha value is -2.81. The molecule has 0 aliphatic carbocycles. The van der Waals surface area contributed by atoms with Crippen molar-refractivity contribution in [1.82, 2.24) is 4.98 Å². The number of anilines is 1. The van der Waals surface area contributed by atoms with Crippen molar-refractivity contribution in [1.29, 1.82) is 0 Å². The summed E-state index contributed by atoms with van der Waals surface area (Å²) < 4.78 is 55.3. The second-order valence-electron chi connectivity index (χ2n) is 6.40. The number of sulfone groups is 1. The molecule has 3 aromatic rings. The summed E-state index contributed by atoms with van der Waals surface area (Å²) >= 11 is 0. The third-order valence-corrected chi connectivity index (χ3v) is 6.22. The zero-order valence-electron chi connectivity index (χ0n) is 13.9. The van der Waals surface area contributed by atoms with Crippen molar-refractivity contribution in [2.24, 2.45) is 5.92 Å². The number of benzene rings is 2. The Morgan fingerprint density at radius 1 is 1.15 bits per heavy atom. The first-order valence-electron chi connectivity index (χ1n) is 8.19. The molecule has 0 spiro atoms. The van der Waals surface area contributed by atoms with E-state index < -0.39 is 27.4 Å². The molecule has 9 heteroatoms. The summed E-state index contributed by atoms with van der Waals surface area (Å²) in [5.41, 5.74) is 0.947. The van der Waals surface area contributed by atoms with E-state index in [1.807, 2.05) is 0 Å². The largest absolute Gasteiger partial charge is 0.433 e. The third-order valence-electron chi connectivity index (χ3n) is 4.45. The number of hydrogen-bond acceptors (Lipinski definition) is 5. The van der Waals surface area contributed by atoms with E-state index in [0.717, 1.165) is 6.07 Å². The molecule has 0 radical (unpaired) electrons. The van der Waals surface area contributed by atoms with Crippen LogP contribution in [0.4, 0.5) is 14.5 Å². The summed E-state index contributed by atoms with van der Waals surface area (Å²) in [6.07, 6.45) is 0.317. The first-order valence-corrected chi connectivity index (χ1v) is 10.0. The van der Waals surface area contributed by atoms with E-state index >= 15 is 0 Å². The minimum Gasteiger partial charge on any atom is -0.433 e. The van der Waals surface area contributed by atoms with Crippen molar-refractivity contribution < 1.29 is 26.4 Å². The normalized spacial score (nSPS) is 18.7. The molecule has 6 nitrogen and oxygen atoms in total. The number of carbonyl (C=O) groups excluding carboxylic acids is 1. The molecule has 0 bridgehead atoms. The van der Waals surface area contributed by atoms with Crippen molar-refractivity contribution in [3.8, 4) is 11.5 Å². The highest BCUT2D eigenvalue weighted by Crippen LogP contribution is 2.28. The molecule has 1 unspecified atom stereocenters. The van der Waals surface area contributed by atoms with Crippen LogP contribution in [0.25, 0.3) is 22.6 Å². The van der Waals surface area contributed by atoms with Gasteiger partial charge in [0.15, 0.2) is 21.2 Å². The van der Waals surface area contributed by atoms with Crippen LogP contribution in [0.3, 0.4) is 0 Å². The van der Waals surface area contributed by atoms with Gasteiger partial charge in [-0.2, -0.15) is 4.39 Å². The van der Waals surface area contributed by atoms with Crippen LogP contribution in [0.15, 0.2) is 40.8 Å². The fourth-order valence-electron chi connectivity index (χ4n) is 3.00. The summed E-state index contributed by atoms with van der Waals surface area (Å²) in [6, 6.07) is 8.72. The van der Waals surface area contributed by atoms with Crippen molar-refractivity contribution >= 4 is 32.5 Å². The maximum Gasteiger partial charge on any atom is 0.228 e. The number of carbonyl (C=O) groups is 1. The first-order chi connectivity index (χ1) is 12.8. The van der Waals surface area contributed by atoms with Crippen LogP contribution >= 0.6 is 0 Å². The van der Waals surface area contributed by atoms with E-state index in [4.69, 9.17) is 4.42 Å². The summed E-state index contributed by atoms with van der Waals surface area (Å²) in [5, 5.41) is 2.68. The average molecular weight is 392 g/mol. The second-order valence-corrected chi connectivity index (χ2v) is 8.62. The van der Waals surface area contributed by atoms with Crippen LogP contribution in [0.5, 0.6) is 0 Å². The molecule has 4 rings (SSSR count). The Bertz CT molecular complexity index is 1140. The van der Waals surface area contributed by atoms with Gasteiger partial charge in [0.1, 0.15) is 5.52 Å². The number of amides is 1. The topological polar surface area (TPSA) is 89.3 Å². The molecule has 2 aromatic carbocycles. The van der Waals surface area contributed by atoms with Gasteiger partial charge in [-0.1, -0.05) is 0 Å². The minimum atomic E-state index is -3.13. The Labute approximate surface area is 153 Å². The van der Waals surface area contributed by atoms with Crippen LogP contribution in [-0.4, -0.2) is 30.8 Å². The SMILES string of the molecule is O=C(Nc1ccc(-c2nc3ccc(F)c(F)c3o2)cc1)C1CCS(=O)(=O)C1. The molecule has 1 saturated heterocycles. The van der Waals surface area contributed by atoms with Gasteiger partial charge in [0.25, 0.3) is 0 Å². The van der Waals surface area contributed by atoms with Gasteiger partial charge in [0.2, 0.25) is 17.6 Å². The smallest absolute Gasteiger partial charge is 0.228 e. The average Bonchev–Trinajstić information content (AvgIpc) is 3.22. The number of fused-ring (bicyclic) bond motifs is 1. The Kier molecular flexibility index (Phi) is 4.18. The lowest BCUT2D eigenvalue weighted by molar-refractivity contribution is -0.119.